The summed E-state index contributed by atoms with van der Waals surface area (Å²) < 4.78 is 6.97. The first kappa shape index (κ1) is 17.8. The summed E-state index contributed by atoms with van der Waals surface area (Å²) >= 11 is 0. The third-order valence-corrected chi connectivity index (χ3v) is 3.87. The maximum atomic E-state index is 12.5. The molecule has 136 valence electrons. The highest BCUT2D eigenvalue weighted by atomic mass is 16.5. The summed E-state index contributed by atoms with van der Waals surface area (Å²) in [5.41, 5.74) is 2.30. The van der Waals surface area contributed by atoms with E-state index in [2.05, 4.69) is 15.6 Å². The second-order valence-corrected chi connectivity index (χ2v) is 6.02. The first-order chi connectivity index (χ1) is 12.6. The van der Waals surface area contributed by atoms with Crippen molar-refractivity contribution in [1.82, 2.24) is 9.55 Å². The number of carbonyl (C=O) groups excluding carboxylic acids is 1. The van der Waals surface area contributed by atoms with Crippen LogP contribution in [0.25, 0.3) is 11.0 Å². The molecule has 7 heteroatoms. The van der Waals surface area contributed by atoms with Gasteiger partial charge in [0.2, 0.25) is 11.9 Å². The molecule has 0 saturated carbocycles. The number of benzene rings is 2. The largest absolute Gasteiger partial charge is 0.497 e. The molecule has 1 aromatic heterocycles. The number of para-hydroxylation sites is 2. The molecule has 26 heavy (non-hydrogen) atoms. The highest BCUT2D eigenvalue weighted by Gasteiger charge is 2.14. The number of nitrogens with zero attached hydrogens (tertiary/aromatic N) is 2. The van der Waals surface area contributed by atoms with E-state index < -0.39 is 6.10 Å². The summed E-state index contributed by atoms with van der Waals surface area (Å²) in [6, 6.07) is 14.8. The second-order valence-electron chi connectivity index (χ2n) is 6.02. The van der Waals surface area contributed by atoms with Crippen LogP contribution >= 0.6 is 0 Å². The quantitative estimate of drug-likeness (QED) is 0.607. The minimum atomic E-state index is -0.520. The summed E-state index contributed by atoms with van der Waals surface area (Å²) in [4.78, 5) is 17.0. The van der Waals surface area contributed by atoms with Crippen molar-refractivity contribution in [3.63, 3.8) is 0 Å². The molecule has 0 radical (unpaired) electrons. The van der Waals surface area contributed by atoms with Crippen molar-refractivity contribution in [3.05, 3.63) is 48.5 Å². The number of carbonyl (C=O) groups is 1. The van der Waals surface area contributed by atoms with Gasteiger partial charge >= 0.3 is 0 Å². The molecule has 3 aromatic rings. The summed E-state index contributed by atoms with van der Waals surface area (Å²) in [7, 11) is 1.58. The van der Waals surface area contributed by atoms with Gasteiger partial charge in [0, 0.05) is 18.3 Å². The predicted octanol–water partition coefficient (Wildman–Crippen LogP) is 2.48. The van der Waals surface area contributed by atoms with E-state index in [-0.39, 0.29) is 12.5 Å². The van der Waals surface area contributed by atoms with Crippen LogP contribution in [0.5, 0.6) is 5.75 Å². The molecule has 0 bridgehead atoms. The lowest BCUT2D eigenvalue weighted by Crippen LogP contribution is -2.22. The lowest BCUT2D eigenvalue weighted by Gasteiger charge is -2.12. The predicted molar refractivity (Wildman–Crippen MR) is 102 cm³/mol. The fraction of sp³-hybridized carbons (Fsp3) is 0.263. The van der Waals surface area contributed by atoms with Gasteiger partial charge in [0.15, 0.2) is 0 Å². The van der Waals surface area contributed by atoms with Gasteiger partial charge in [-0.25, -0.2) is 4.98 Å². The summed E-state index contributed by atoms with van der Waals surface area (Å²) in [5, 5.41) is 15.5. The molecule has 2 aromatic carbocycles. The number of rotatable bonds is 7. The Morgan fingerprint density at radius 1 is 1.27 bits per heavy atom. The first-order valence-electron chi connectivity index (χ1n) is 8.38. The number of methoxy groups -OCH3 is 1. The smallest absolute Gasteiger partial charge is 0.244 e. The molecular weight excluding hydrogens is 332 g/mol. The molecule has 3 N–H and O–H groups in total. The van der Waals surface area contributed by atoms with Gasteiger partial charge in [0.05, 0.1) is 24.2 Å². The summed E-state index contributed by atoms with van der Waals surface area (Å²) in [6.07, 6.45) is -0.520. The average molecular weight is 354 g/mol. The molecule has 7 nitrogen and oxygen atoms in total. The van der Waals surface area contributed by atoms with Crippen LogP contribution in [-0.2, 0) is 11.3 Å². The van der Waals surface area contributed by atoms with E-state index in [1.165, 1.54) is 0 Å². The Hall–Kier alpha value is -3.06. The maximum Gasteiger partial charge on any atom is 0.244 e. The monoisotopic (exact) mass is 354 g/mol. The number of hydrogen-bond donors (Lipinski definition) is 3. The van der Waals surface area contributed by atoms with Gasteiger partial charge in [0.25, 0.3) is 0 Å². The number of anilines is 2. The lowest BCUT2D eigenvalue weighted by molar-refractivity contribution is -0.116. The molecule has 0 saturated heterocycles. The van der Waals surface area contributed by atoms with Gasteiger partial charge in [0.1, 0.15) is 12.3 Å². The molecule has 0 fully saturated rings. The Morgan fingerprint density at radius 2 is 2.08 bits per heavy atom. The van der Waals surface area contributed by atoms with E-state index in [0.29, 0.717) is 23.9 Å². The first-order valence-corrected chi connectivity index (χ1v) is 8.38. The third-order valence-electron chi connectivity index (χ3n) is 3.87. The molecule has 0 spiro atoms. The fourth-order valence-corrected chi connectivity index (χ4v) is 2.65. The topological polar surface area (TPSA) is 88.4 Å². The van der Waals surface area contributed by atoms with Crippen LogP contribution < -0.4 is 15.4 Å². The Kier molecular flexibility index (Phi) is 5.38. The lowest BCUT2D eigenvalue weighted by atomic mass is 10.3. The number of fused-ring (bicyclic) bond motifs is 1. The molecule has 0 unspecified atom stereocenters. The molecule has 1 amide bonds. The van der Waals surface area contributed by atoms with E-state index in [1.807, 2.05) is 36.4 Å². The Morgan fingerprint density at radius 3 is 2.85 bits per heavy atom. The molecule has 0 aliphatic carbocycles. The van der Waals surface area contributed by atoms with Crippen LogP contribution in [0.4, 0.5) is 11.6 Å². The van der Waals surface area contributed by atoms with Crippen molar-refractivity contribution in [2.45, 2.75) is 19.6 Å². The third kappa shape index (κ3) is 4.12. The minimum Gasteiger partial charge on any atom is -0.497 e. The van der Waals surface area contributed by atoms with Crippen LogP contribution in [0.1, 0.15) is 6.92 Å². The summed E-state index contributed by atoms with van der Waals surface area (Å²) in [6.45, 7) is 2.14. The van der Waals surface area contributed by atoms with Crippen molar-refractivity contribution >= 4 is 28.6 Å². The van der Waals surface area contributed by atoms with Gasteiger partial charge in [-0.15, -0.1) is 0 Å². The highest BCUT2D eigenvalue weighted by Crippen LogP contribution is 2.21. The Balaban J connectivity index is 1.81. The van der Waals surface area contributed by atoms with Crippen LogP contribution in [0, 0.1) is 0 Å². The van der Waals surface area contributed by atoms with Gasteiger partial charge < -0.3 is 25.0 Å². The SMILES string of the molecule is COc1cccc(NC(=O)Cn2c(NC[C@@H](C)O)nc3ccccc32)c1. The zero-order chi connectivity index (χ0) is 18.5. The average Bonchev–Trinajstić information content (AvgIpc) is 2.97. The molecule has 0 aliphatic rings. The normalized spacial score (nSPS) is 12.0. The number of aliphatic hydroxyl groups excluding tert-OH is 1. The fourth-order valence-electron chi connectivity index (χ4n) is 2.65. The molecular formula is C19H22N4O3. The second kappa shape index (κ2) is 7.88. The maximum absolute atomic E-state index is 12.5. The van der Waals surface area contributed by atoms with Crippen molar-refractivity contribution < 1.29 is 14.6 Å². The molecule has 3 rings (SSSR count). The van der Waals surface area contributed by atoms with Crippen molar-refractivity contribution in [1.29, 1.82) is 0 Å². The van der Waals surface area contributed by atoms with Crippen molar-refractivity contribution in [2.75, 3.05) is 24.3 Å². The van der Waals surface area contributed by atoms with E-state index in [9.17, 15) is 9.90 Å². The van der Waals surface area contributed by atoms with Gasteiger partial charge in [-0.05, 0) is 31.2 Å². The Bertz CT molecular complexity index is 905. The van der Waals surface area contributed by atoms with E-state index in [4.69, 9.17) is 4.74 Å². The van der Waals surface area contributed by atoms with Gasteiger partial charge in [-0.1, -0.05) is 18.2 Å². The minimum absolute atomic E-state index is 0.0971. The number of amides is 1. The van der Waals surface area contributed by atoms with Crippen LogP contribution in [-0.4, -0.2) is 40.3 Å². The Labute approximate surface area is 151 Å². The van der Waals surface area contributed by atoms with Crippen LogP contribution in [0.2, 0.25) is 0 Å². The van der Waals surface area contributed by atoms with E-state index >= 15 is 0 Å². The number of aromatic nitrogens is 2. The number of aliphatic hydroxyl groups is 1. The van der Waals surface area contributed by atoms with Crippen LogP contribution in [0.15, 0.2) is 48.5 Å². The highest BCUT2D eigenvalue weighted by molar-refractivity contribution is 5.92. The van der Waals surface area contributed by atoms with E-state index in [1.54, 1.807) is 30.7 Å². The number of imidazole rings is 1. The molecule has 1 heterocycles. The van der Waals surface area contributed by atoms with Crippen molar-refractivity contribution in [2.24, 2.45) is 0 Å². The zero-order valence-electron chi connectivity index (χ0n) is 14.8. The van der Waals surface area contributed by atoms with Gasteiger partial charge in [-0.2, -0.15) is 0 Å². The van der Waals surface area contributed by atoms with Crippen molar-refractivity contribution in [3.8, 4) is 5.75 Å². The number of ether oxygens (including phenoxy) is 1. The van der Waals surface area contributed by atoms with Gasteiger partial charge in [-0.3, -0.25) is 4.79 Å². The zero-order valence-corrected chi connectivity index (χ0v) is 14.8. The number of nitrogens with one attached hydrogen (secondary N) is 2. The molecule has 0 aliphatic heterocycles. The van der Waals surface area contributed by atoms with Crippen LogP contribution in [0.3, 0.4) is 0 Å². The summed E-state index contributed by atoms with van der Waals surface area (Å²) in [5.74, 6) is 1.05. The molecule has 1 atom stereocenters. The van der Waals surface area contributed by atoms with E-state index in [0.717, 1.165) is 11.0 Å². The standard InChI is InChI=1S/C19H22N4O3/c1-13(24)11-20-19-22-16-8-3-4-9-17(16)23(19)12-18(25)21-14-6-5-7-15(10-14)26-2/h3-10,13,24H,11-12H2,1-2H3,(H,20,22)(H,21,25)/t13-/m1/s1. The number of hydrogen-bond acceptors (Lipinski definition) is 5.